The number of anilines is 1. The van der Waals surface area contributed by atoms with Crippen molar-refractivity contribution in [3.05, 3.63) is 58.6 Å². The lowest BCUT2D eigenvalue weighted by molar-refractivity contribution is 0.681. The smallest absolute Gasteiger partial charge is 0.153 e. The maximum absolute atomic E-state index is 12.6. The molecule has 2 N–H and O–H groups in total. The van der Waals surface area contributed by atoms with Crippen LogP contribution in [0.5, 0.6) is 0 Å². The van der Waals surface area contributed by atoms with Crippen LogP contribution in [0.2, 0.25) is 5.02 Å². The van der Waals surface area contributed by atoms with E-state index >= 15 is 0 Å². The minimum absolute atomic E-state index is 0.294. The number of benzene rings is 2. The zero-order valence-corrected chi connectivity index (χ0v) is 11.9. The topological polar surface area (TPSA) is 46.3 Å². The highest BCUT2D eigenvalue weighted by Gasteiger charge is 2.27. The van der Waals surface area contributed by atoms with Crippen molar-refractivity contribution in [1.82, 2.24) is 0 Å². The van der Waals surface area contributed by atoms with E-state index < -0.39 is 11.0 Å². The van der Waals surface area contributed by atoms with Gasteiger partial charge in [-0.15, -0.1) is 0 Å². The van der Waals surface area contributed by atoms with Gasteiger partial charge in [0.15, 0.2) is 11.0 Å². The molecule has 0 bridgehead atoms. The largest absolute Gasteiger partial charge is 0.320 e. The van der Waals surface area contributed by atoms with Gasteiger partial charge >= 0.3 is 0 Å². The molecule has 1 aliphatic heterocycles. The van der Waals surface area contributed by atoms with Crippen molar-refractivity contribution in [3.63, 3.8) is 0 Å². The van der Waals surface area contributed by atoms with Crippen molar-refractivity contribution >= 4 is 28.3 Å². The fourth-order valence-electron chi connectivity index (χ4n) is 2.36. The summed E-state index contributed by atoms with van der Waals surface area (Å²) in [6.07, 6.45) is 0. The molecule has 0 aromatic heterocycles. The molecule has 2 aromatic carbocycles. The van der Waals surface area contributed by atoms with Gasteiger partial charge in [-0.2, -0.15) is 0 Å². The zero-order valence-electron chi connectivity index (χ0n) is 10.3. The number of para-hydroxylation sites is 1. The summed E-state index contributed by atoms with van der Waals surface area (Å²) in [7, 11) is 0.503. The summed E-state index contributed by atoms with van der Waals surface area (Å²) >= 11 is 6.01. The minimum atomic E-state index is -1.30. The summed E-state index contributed by atoms with van der Waals surface area (Å²) in [6, 6.07) is 12.8. The third kappa shape index (κ3) is 1.96. The third-order valence-corrected chi connectivity index (χ3v) is 5.02. The molecule has 0 radical (unpaired) electrons. The van der Waals surface area contributed by atoms with E-state index in [9.17, 15) is 4.21 Å². The van der Waals surface area contributed by atoms with E-state index in [1.807, 2.05) is 30.3 Å². The zero-order chi connectivity index (χ0) is 13.6. The number of rotatable bonds is 0. The van der Waals surface area contributed by atoms with Crippen molar-refractivity contribution < 1.29 is 4.21 Å². The van der Waals surface area contributed by atoms with E-state index in [2.05, 4.69) is 0 Å². The maximum atomic E-state index is 12.6. The summed E-state index contributed by atoms with van der Waals surface area (Å²) in [6.45, 7) is 0. The second-order valence-electron chi connectivity index (χ2n) is 4.47. The second kappa shape index (κ2) is 4.63. The molecule has 2 aromatic rings. The normalized spacial score (nSPS) is 21.5. The number of fused-ring (bicyclic) bond motifs is 2. The van der Waals surface area contributed by atoms with Gasteiger partial charge in [0.25, 0.3) is 0 Å². The molecule has 3 nitrogen and oxygen atoms in total. The van der Waals surface area contributed by atoms with E-state index in [4.69, 9.17) is 17.3 Å². The van der Waals surface area contributed by atoms with Gasteiger partial charge in [-0.3, -0.25) is 4.31 Å². The molecule has 0 amide bonds. The number of hydrogen-bond donors (Lipinski definition) is 1. The van der Waals surface area contributed by atoms with Gasteiger partial charge in [-0.1, -0.05) is 35.9 Å². The number of nitrogens with two attached hydrogens (primary N) is 1. The minimum Gasteiger partial charge on any atom is -0.320 e. The fourth-order valence-corrected chi connectivity index (χ4v) is 3.86. The quantitative estimate of drug-likeness (QED) is 0.811. The Labute approximate surface area is 119 Å². The molecule has 0 saturated carbocycles. The monoisotopic (exact) mass is 292 g/mol. The Bertz CT molecular complexity index is 674. The molecule has 19 heavy (non-hydrogen) atoms. The molecule has 98 valence electrons. The van der Waals surface area contributed by atoms with Crippen LogP contribution in [0.4, 0.5) is 5.69 Å². The summed E-state index contributed by atoms with van der Waals surface area (Å²) in [5, 5.41) is 0.568. The molecular weight excluding hydrogens is 280 g/mol. The second-order valence-corrected chi connectivity index (χ2v) is 6.39. The average molecular weight is 293 g/mol. The number of halogens is 1. The van der Waals surface area contributed by atoms with Gasteiger partial charge in [-0.25, -0.2) is 4.21 Å². The van der Waals surface area contributed by atoms with Crippen LogP contribution < -0.4 is 10.0 Å². The third-order valence-electron chi connectivity index (χ3n) is 3.36. The molecule has 5 heteroatoms. The molecule has 1 heterocycles. The molecular formula is C14H13ClN2OS. The summed E-state index contributed by atoms with van der Waals surface area (Å²) in [5.74, 6) is 0. The summed E-state index contributed by atoms with van der Waals surface area (Å²) < 4.78 is 14.4. The van der Waals surface area contributed by atoms with E-state index in [-0.39, 0.29) is 6.04 Å². The molecule has 1 aliphatic rings. The Kier molecular flexibility index (Phi) is 3.09. The van der Waals surface area contributed by atoms with Crippen molar-refractivity contribution in [3.8, 4) is 0 Å². The predicted molar refractivity (Wildman–Crippen MR) is 78.7 cm³/mol. The van der Waals surface area contributed by atoms with Gasteiger partial charge in [-0.05, 0) is 29.3 Å². The van der Waals surface area contributed by atoms with Gasteiger partial charge in [0.1, 0.15) is 0 Å². The first-order valence-corrected chi connectivity index (χ1v) is 7.37. The van der Waals surface area contributed by atoms with Crippen LogP contribution in [0.3, 0.4) is 0 Å². The molecule has 0 spiro atoms. The molecule has 0 fully saturated rings. The molecule has 0 aliphatic carbocycles. The first kappa shape index (κ1) is 12.7. The van der Waals surface area contributed by atoms with Gasteiger partial charge in [0.2, 0.25) is 0 Å². The van der Waals surface area contributed by atoms with Gasteiger partial charge in [0, 0.05) is 12.1 Å². The summed E-state index contributed by atoms with van der Waals surface area (Å²) in [5.41, 5.74) is 9.05. The van der Waals surface area contributed by atoms with Crippen LogP contribution in [-0.2, 0) is 11.0 Å². The van der Waals surface area contributed by atoms with Crippen LogP contribution in [-0.4, -0.2) is 11.3 Å². The van der Waals surface area contributed by atoms with E-state index in [0.717, 1.165) is 16.8 Å². The Morgan fingerprint density at radius 2 is 1.95 bits per heavy atom. The van der Waals surface area contributed by atoms with Crippen molar-refractivity contribution in [1.29, 1.82) is 0 Å². The van der Waals surface area contributed by atoms with E-state index in [0.29, 0.717) is 9.92 Å². The van der Waals surface area contributed by atoms with Crippen LogP contribution in [0.15, 0.2) is 47.4 Å². The molecule has 2 atom stereocenters. The van der Waals surface area contributed by atoms with Gasteiger partial charge < -0.3 is 5.73 Å². The van der Waals surface area contributed by atoms with Crippen LogP contribution in [0.1, 0.15) is 17.2 Å². The van der Waals surface area contributed by atoms with Crippen molar-refractivity contribution in [2.45, 2.75) is 10.9 Å². The number of hydrogen-bond acceptors (Lipinski definition) is 2. The van der Waals surface area contributed by atoms with Crippen molar-refractivity contribution in [2.75, 3.05) is 11.4 Å². The Morgan fingerprint density at radius 3 is 2.74 bits per heavy atom. The fraction of sp³-hybridized carbons (Fsp3) is 0.143. The Balaban J connectivity index is 2.30. The maximum Gasteiger partial charge on any atom is 0.153 e. The standard InChI is InChI=1S/C14H13ClN2OS/c1-17-12-5-3-2-4-10(12)14(16)11-7-6-9(15)8-13(11)19(17)18/h2-8,14H,16H2,1H3. The lowest BCUT2D eigenvalue weighted by Crippen LogP contribution is -2.20. The summed E-state index contributed by atoms with van der Waals surface area (Å²) in [4.78, 5) is 0.679. The first-order chi connectivity index (χ1) is 9.09. The number of nitrogens with zero attached hydrogens (tertiary/aromatic N) is 1. The lowest BCUT2D eigenvalue weighted by Gasteiger charge is -2.18. The molecule has 2 unspecified atom stereocenters. The van der Waals surface area contributed by atoms with E-state index in [1.165, 1.54) is 0 Å². The van der Waals surface area contributed by atoms with Crippen LogP contribution >= 0.6 is 11.6 Å². The van der Waals surface area contributed by atoms with Crippen LogP contribution in [0.25, 0.3) is 0 Å². The highest BCUT2D eigenvalue weighted by Crippen LogP contribution is 2.37. The molecule has 0 saturated heterocycles. The highest BCUT2D eigenvalue weighted by molar-refractivity contribution is 7.86. The van der Waals surface area contributed by atoms with E-state index in [1.54, 1.807) is 23.5 Å². The molecule has 3 rings (SSSR count). The van der Waals surface area contributed by atoms with Crippen LogP contribution in [0, 0.1) is 0 Å². The Morgan fingerprint density at radius 1 is 1.21 bits per heavy atom. The average Bonchev–Trinajstić information content (AvgIpc) is 2.51. The SMILES string of the molecule is CN1c2ccccc2C(N)c2ccc(Cl)cc2S1=O. The Hall–Kier alpha value is -1.36. The predicted octanol–water partition coefficient (Wildman–Crippen LogP) is 2.86. The van der Waals surface area contributed by atoms with Gasteiger partial charge in [0.05, 0.1) is 16.6 Å². The first-order valence-electron chi connectivity index (χ1n) is 5.89. The lowest BCUT2D eigenvalue weighted by atomic mass is 9.98. The van der Waals surface area contributed by atoms with Crippen molar-refractivity contribution in [2.24, 2.45) is 5.73 Å². The highest BCUT2D eigenvalue weighted by atomic mass is 35.5.